The van der Waals surface area contributed by atoms with Crippen LogP contribution < -0.4 is 9.62 Å². The minimum atomic E-state index is -3.66. The van der Waals surface area contributed by atoms with Crippen molar-refractivity contribution < 1.29 is 13.2 Å². The second kappa shape index (κ2) is 7.00. The molecule has 0 heterocycles. The second-order valence-electron chi connectivity index (χ2n) is 7.59. The standard InChI is InChI=1S/C21H24N2O3S/c1-23(27(25,26)19-8-3-2-4-9-19)18-7-5-6-17(14-18)21(24)22-20-13-15-10-11-16(20)12-15/h2-9,14-16,20H,10-13H2,1H3,(H,22,24)/t15?,16?,20-/m1/s1. The van der Waals surface area contributed by atoms with Gasteiger partial charge in [0, 0.05) is 18.7 Å². The summed E-state index contributed by atoms with van der Waals surface area (Å²) in [4.78, 5) is 12.9. The van der Waals surface area contributed by atoms with Crippen LogP contribution >= 0.6 is 0 Å². The Morgan fingerprint density at radius 2 is 1.81 bits per heavy atom. The van der Waals surface area contributed by atoms with Gasteiger partial charge < -0.3 is 5.32 Å². The molecule has 5 nitrogen and oxygen atoms in total. The van der Waals surface area contributed by atoms with Crippen LogP contribution in [0.1, 0.15) is 36.0 Å². The smallest absolute Gasteiger partial charge is 0.264 e. The fourth-order valence-electron chi connectivity index (χ4n) is 4.41. The third-order valence-corrected chi connectivity index (χ3v) is 7.73. The summed E-state index contributed by atoms with van der Waals surface area (Å²) >= 11 is 0. The molecule has 0 spiro atoms. The molecule has 2 aliphatic rings. The number of hydrogen-bond donors (Lipinski definition) is 1. The van der Waals surface area contributed by atoms with Gasteiger partial charge >= 0.3 is 0 Å². The van der Waals surface area contributed by atoms with Crippen molar-refractivity contribution in [1.29, 1.82) is 0 Å². The minimum absolute atomic E-state index is 0.125. The summed E-state index contributed by atoms with van der Waals surface area (Å²) in [6.45, 7) is 0. The van der Waals surface area contributed by atoms with Crippen LogP contribution in [0.3, 0.4) is 0 Å². The van der Waals surface area contributed by atoms with E-state index < -0.39 is 10.0 Å². The van der Waals surface area contributed by atoms with Gasteiger partial charge in [-0.2, -0.15) is 0 Å². The van der Waals surface area contributed by atoms with Crippen molar-refractivity contribution in [2.24, 2.45) is 11.8 Å². The first-order valence-corrected chi connectivity index (χ1v) is 10.8. The zero-order valence-electron chi connectivity index (χ0n) is 15.3. The predicted molar refractivity (Wildman–Crippen MR) is 105 cm³/mol. The van der Waals surface area contributed by atoms with E-state index in [0.717, 1.165) is 12.3 Å². The first kappa shape index (κ1) is 18.0. The van der Waals surface area contributed by atoms with Crippen molar-refractivity contribution in [3.05, 3.63) is 60.2 Å². The van der Waals surface area contributed by atoms with Crippen molar-refractivity contribution in [2.75, 3.05) is 11.4 Å². The lowest BCUT2D eigenvalue weighted by Gasteiger charge is -2.23. The Bertz CT molecular complexity index is 943. The molecule has 0 aromatic heterocycles. The largest absolute Gasteiger partial charge is 0.349 e. The Hall–Kier alpha value is -2.34. The van der Waals surface area contributed by atoms with Gasteiger partial charge in [0.05, 0.1) is 10.6 Å². The quantitative estimate of drug-likeness (QED) is 0.859. The molecule has 142 valence electrons. The number of fused-ring (bicyclic) bond motifs is 2. The summed E-state index contributed by atoms with van der Waals surface area (Å²) in [5, 5.41) is 3.16. The molecule has 2 aromatic carbocycles. The van der Waals surface area contributed by atoms with Crippen LogP contribution in [-0.4, -0.2) is 27.4 Å². The molecule has 2 fully saturated rings. The van der Waals surface area contributed by atoms with Gasteiger partial charge in [-0.3, -0.25) is 9.10 Å². The van der Waals surface area contributed by atoms with E-state index in [2.05, 4.69) is 5.32 Å². The Morgan fingerprint density at radius 1 is 1.04 bits per heavy atom. The summed E-state index contributed by atoms with van der Waals surface area (Å²) < 4.78 is 26.8. The zero-order valence-corrected chi connectivity index (χ0v) is 16.2. The summed E-state index contributed by atoms with van der Waals surface area (Å²) in [5.74, 6) is 1.23. The van der Waals surface area contributed by atoms with E-state index >= 15 is 0 Å². The number of nitrogens with zero attached hydrogens (tertiary/aromatic N) is 1. The van der Waals surface area contributed by atoms with Crippen LogP contribution in [0.25, 0.3) is 0 Å². The highest BCUT2D eigenvalue weighted by atomic mass is 32.2. The number of rotatable bonds is 5. The summed E-state index contributed by atoms with van der Waals surface area (Å²) in [7, 11) is -2.15. The van der Waals surface area contributed by atoms with Gasteiger partial charge in [-0.15, -0.1) is 0 Å². The van der Waals surface area contributed by atoms with Crippen molar-refractivity contribution >= 4 is 21.6 Å². The van der Waals surface area contributed by atoms with Crippen molar-refractivity contribution in [1.82, 2.24) is 5.32 Å². The molecule has 4 rings (SSSR count). The van der Waals surface area contributed by atoms with E-state index in [-0.39, 0.29) is 16.8 Å². The van der Waals surface area contributed by atoms with E-state index in [1.165, 1.54) is 30.6 Å². The highest BCUT2D eigenvalue weighted by Gasteiger charge is 2.40. The van der Waals surface area contributed by atoms with Crippen LogP contribution in [-0.2, 0) is 10.0 Å². The molecule has 2 unspecified atom stereocenters. The first-order valence-electron chi connectivity index (χ1n) is 9.40. The van der Waals surface area contributed by atoms with Gasteiger partial charge in [0.15, 0.2) is 0 Å². The number of amides is 1. The highest BCUT2D eigenvalue weighted by molar-refractivity contribution is 7.92. The monoisotopic (exact) mass is 384 g/mol. The molecule has 1 N–H and O–H groups in total. The molecule has 2 aromatic rings. The third kappa shape index (κ3) is 3.46. The molecule has 0 saturated heterocycles. The van der Waals surface area contributed by atoms with Crippen LogP contribution in [0.4, 0.5) is 5.69 Å². The average Bonchev–Trinajstić information content (AvgIpc) is 3.31. The summed E-state index contributed by atoms with van der Waals surface area (Å²) in [6, 6.07) is 15.4. The number of anilines is 1. The maximum absolute atomic E-state index is 12.8. The number of sulfonamides is 1. The normalized spacial score (nSPS) is 24.0. The molecule has 0 aliphatic heterocycles. The molecule has 27 heavy (non-hydrogen) atoms. The fourth-order valence-corrected chi connectivity index (χ4v) is 5.61. The van der Waals surface area contributed by atoms with Crippen molar-refractivity contribution in [3.63, 3.8) is 0 Å². The minimum Gasteiger partial charge on any atom is -0.349 e. The molecule has 3 atom stereocenters. The summed E-state index contributed by atoms with van der Waals surface area (Å²) in [6.07, 6.45) is 4.78. The zero-order chi connectivity index (χ0) is 19.0. The molecule has 0 radical (unpaired) electrons. The molecular weight excluding hydrogens is 360 g/mol. The van der Waals surface area contributed by atoms with E-state index in [4.69, 9.17) is 0 Å². The van der Waals surface area contributed by atoms with Crippen LogP contribution in [0, 0.1) is 11.8 Å². The van der Waals surface area contributed by atoms with E-state index in [0.29, 0.717) is 17.2 Å². The molecule has 2 bridgehead atoms. The maximum atomic E-state index is 12.8. The van der Waals surface area contributed by atoms with Gasteiger partial charge in [0.2, 0.25) is 0 Å². The van der Waals surface area contributed by atoms with Gasteiger partial charge in [-0.1, -0.05) is 30.7 Å². The van der Waals surface area contributed by atoms with E-state index in [1.54, 1.807) is 54.6 Å². The number of hydrogen-bond acceptors (Lipinski definition) is 3. The Kier molecular flexibility index (Phi) is 4.68. The van der Waals surface area contributed by atoms with Gasteiger partial charge in [0.1, 0.15) is 0 Å². The van der Waals surface area contributed by atoms with Gasteiger partial charge in [0.25, 0.3) is 15.9 Å². The molecule has 1 amide bonds. The van der Waals surface area contributed by atoms with E-state index in [9.17, 15) is 13.2 Å². The number of carbonyl (C=O) groups excluding carboxylic acids is 1. The Labute approximate surface area is 160 Å². The molecule has 2 saturated carbocycles. The lowest BCUT2D eigenvalue weighted by Crippen LogP contribution is -2.38. The maximum Gasteiger partial charge on any atom is 0.264 e. The van der Waals surface area contributed by atoms with Crippen molar-refractivity contribution in [3.8, 4) is 0 Å². The van der Waals surface area contributed by atoms with Crippen LogP contribution in [0.2, 0.25) is 0 Å². The Morgan fingerprint density at radius 3 is 2.48 bits per heavy atom. The number of nitrogens with one attached hydrogen (secondary N) is 1. The van der Waals surface area contributed by atoms with Gasteiger partial charge in [-0.25, -0.2) is 8.42 Å². The van der Waals surface area contributed by atoms with Crippen LogP contribution in [0.15, 0.2) is 59.5 Å². The lowest BCUT2D eigenvalue weighted by atomic mass is 9.95. The predicted octanol–water partition coefficient (Wildman–Crippen LogP) is 3.43. The van der Waals surface area contributed by atoms with Crippen molar-refractivity contribution in [2.45, 2.75) is 36.6 Å². The average molecular weight is 385 g/mol. The topological polar surface area (TPSA) is 66.5 Å². The fraction of sp³-hybridized carbons (Fsp3) is 0.381. The third-order valence-electron chi connectivity index (χ3n) is 5.93. The second-order valence-corrected chi connectivity index (χ2v) is 9.56. The van der Waals surface area contributed by atoms with Gasteiger partial charge in [-0.05, 0) is 61.4 Å². The molecular formula is C21H24N2O3S. The number of benzene rings is 2. The van der Waals surface area contributed by atoms with Crippen LogP contribution in [0.5, 0.6) is 0 Å². The Balaban J connectivity index is 1.52. The summed E-state index contributed by atoms with van der Waals surface area (Å²) in [5.41, 5.74) is 0.963. The SMILES string of the molecule is CN(c1cccc(C(=O)N[C@@H]2CC3CCC2C3)c1)S(=O)(=O)c1ccccc1. The lowest BCUT2D eigenvalue weighted by molar-refractivity contribution is 0.0923. The number of carbonyl (C=O) groups is 1. The molecule has 2 aliphatic carbocycles. The first-order chi connectivity index (χ1) is 12.9. The van der Waals surface area contributed by atoms with E-state index in [1.807, 2.05) is 0 Å². The molecule has 6 heteroatoms. The highest BCUT2D eigenvalue weighted by Crippen LogP contribution is 2.44.